The number of hydrogen-bond acceptors (Lipinski definition) is 2. The molecule has 3 rings (SSSR count). The minimum absolute atomic E-state index is 0. The van der Waals surface area contributed by atoms with Crippen LogP contribution in [0.1, 0.15) is 101 Å². The van der Waals surface area contributed by atoms with Crippen molar-refractivity contribution in [2.75, 3.05) is 0 Å². The molecule has 0 amide bonds. The van der Waals surface area contributed by atoms with Gasteiger partial charge < -0.3 is 29.2 Å². The van der Waals surface area contributed by atoms with E-state index in [0.717, 1.165) is 29.0 Å². The molecule has 3 radical (unpaired) electrons. The van der Waals surface area contributed by atoms with Crippen molar-refractivity contribution in [3.05, 3.63) is 94.5 Å². The van der Waals surface area contributed by atoms with Crippen molar-refractivity contribution >= 4 is 11.3 Å². The van der Waals surface area contributed by atoms with Gasteiger partial charge in [0, 0.05) is 104 Å². The van der Waals surface area contributed by atoms with Crippen molar-refractivity contribution in [2.24, 2.45) is 17.8 Å². The van der Waals surface area contributed by atoms with Crippen LogP contribution in [0, 0.1) is 60.8 Å². The molecule has 1 aromatic heterocycles. The summed E-state index contributed by atoms with van der Waals surface area (Å²) in [5, 5.41) is 3.16. The SMILES string of the molecule is [CH2-]C1CCCC(C(C)C)C1.[CH2-]c1cccc(C(C)C)c1.[CH2-]c1csc(C(C)C)n1.[CH3-].[CH3-].[CH3-].[Y].[Y].[Y]. The zero-order valence-electron chi connectivity index (χ0n) is 24.3. The zero-order chi connectivity index (χ0) is 22.0. The molecule has 1 fully saturated rings. The topological polar surface area (TPSA) is 12.9 Å². The van der Waals surface area contributed by atoms with Gasteiger partial charge in [0.1, 0.15) is 0 Å². The smallest absolute Gasteiger partial charge is 0.0745 e. The number of hydrogen-bond donors (Lipinski definition) is 0. The second kappa shape index (κ2) is 27.5. The second-order valence-electron chi connectivity index (χ2n) is 9.27. The van der Waals surface area contributed by atoms with Crippen LogP contribution in [0.3, 0.4) is 0 Å². The summed E-state index contributed by atoms with van der Waals surface area (Å²) >= 11 is 1.68. The van der Waals surface area contributed by atoms with Crippen LogP contribution in [-0.4, -0.2) is 4.98 Å². The molecule has 197 valence electrons. The maximum absolute atomic E-state index is 4.22. The molecular weight excluding hydrogens is 673 g/mol. The Kier molecular flexibility index (Phi) is 39.1. The Morgan fingerprint density at radius 3 is 1.74 bits per heavy atom. The molecule has 0 bridgehead atoms. The summed E-state index contributed by atoms with van der Waals surface area (Å²) in [6.07, 6.45) is 5.60. The molecule has 0 aliphatic heterocycles. The molecule has 5 heteroatoms. The summed E-state index contributed by atoms with van der Waals surface area (Å²) in [6.45, 7) is 25.0. The third-order valence-electron chi connectivity index (χ3n) is 5.45. The first-order chi connectivity index (χ1) is 13.6. The average Bonchev–Trinajstić information content (AvgIpc) is 3.09. The van der Waals surface area contributed by atoms with Crippen LogP contribution in [0.25, 0.3) is 0 Å². The fraction of sp³-hybridized carbons (Fsp3) is 0.500. The van der Waals surface area contributed by atoms with Crippen LogP contribution in [0.5, 0.6) is 0 Å². The molecule has 35 heavy (non-hydrogen) atoms. The van der Waals surface area contributed by atoms with Crippen molar-refractivity contribution in [3.63, 3.8) is 0 Å². The van der Waals surface area contributed by atoms with Crippen LogP contribution in [-0.2, 0) is 98.1 Å². The number of aromatic nitrogens is 1. The summed E-state index contributed by atoms with van der Waals surface area (Å²) in [5.74, 6) is 3.76. The zero-order valence-corrected chi connectivity index (χ0v) is 33.6. The normalized spacial score (nSPS) is 15.6. The van der Waals surface area contributed by atoms with E-state index >= 15 is 0 Å². The minimum atomic E-state index is 0. The number of nitrogens with zero attached hydrogens (tertiary/aromatic N) is 1. The fourth-order valence-corrected chi connectivity index (χ4v) is 4.23. The molecule has 0 spiro atoms. The largest absolute Gasteiger partial charge is 0.358 e. The molecule has 1 heterocycles. The molecule has 1 aliphatic carbocycles. The first-order valence-electron chi connectivity index (χ1n) is 11.1. The minimum Gasteiger partial charge on any atom is -0.358 e. The van der Waals surface area contributed by atoms with Gasteiger partial charge in [-0.3, -0.25) is 4.98 Å². The maximum atomic E-state index is 4.22. The van der Waals surface area contributed by atoms with Gasteiger partial charge in [-0.2, -0.15) is 30.5 Å². The number of benzene rings is 1. The monoisotopic (exact) mass is 724 g/mol. The Morgan fingerprint density at radius 2 is 1.46 bits per heavy atom. The first-order valence-corrected chi connectivity index (χ1v) is 12.0. The van der Waals surface area contributed by atoms with Gasteiger partial charge in [-0.15, -0.1) is 17.0 Å². The van der Waals surface area contributed by atoms with Crippen molar-refractivity contribution in [2.45, 2.75) is 79.1 Å². The van der Waals surface area contributed by atoms with Crippen LogP contribution < -0.4 is 0 Å². The third kappa shape index (κ3) is 22.4. The summed E-state index contributed by atoms with van der Waals surface area (Å²) in [4.78, 5) is 4.22. The van der Waals surface area contributed by atoms with Crippen LogP contribution in [0.4, 0.5) is 0 Å². The summed E-state index contributed by atoms with van der Waals surface area (Å²) < 4.78 is 0. The second-order valence-corrected chi connectivity index (χ2v) is 10.2. The van der Waals surface area contributed by atoms with E-state index in [1.165, 1.54) is 36.3 Å². The van der Waals surface area contributed by atoms with Gasteiger partial charge in [0.2, 0.25) is 0 Å². The third-order valence-corrected chi connectivity index (χ3v) is 6.64. The van der Waals surface area contributed by atoms with Gasteiger partial charge in [-0.05, 0) is 17.8 Å². The van der Waals surface area contributed by atoms with Gasteiger partial charge in [0.05, 0.1) is 5.01 Å². The summed E-state index contributed by atoms with van der Waals surface area (Å²) in [5.41, 5.74) is 3.36. The summed E-state index contributed by atoms with van der Waals surface area (Å²) in [6, 6.07) is 8.34. The van der Waals surface area contributed by atoms with Crippen molar-refractivity contribution in [3.8, 4) is 0 Å². The molecule has 1 nitrogen and oxygen atoms in total. The van der Waals surface area contributed by atoms with Gasteiger partial charge in [0.25, 0.3) is 0 Å². The van der Waals surface area contributed by atoms with Crippen molar-refractivity contribution < 1.29 is 98.1 Å². The average molecular weight is 725 g/mol. The van der Waals surface area contributed by atoms with Crippen LogP contribution >= 0.6 is 11.3 Å². The molecule has 1 saturated carbocycles. The molecule has 2 aromatic rings. The van der Waals surface area contributed by atoms with Crippen molar-refractivity contribution in [1.29, 1.82) is 0 Å². The van der Waals surface area contributed by atoms with E-state index in [4.69, 9.17) is 0 Å². The van der Waals surface area contributed by atoms with Crippen molar-refractivity contribution in [1.82, 2.24) is 4.98 Å². The van der Waals surface area contributed by atoms with E-state index < -0.39 is 0 Å². The Morgan fingerprint density at radius 1 is 0.886 bits per heavy atom. The van der Waals surface area contributed by atoms with Gasteiger partial charge in [-0.25, -0.2) is 18.3 Å². The number of rotatable bonds is 3. The molecular formula is C30H51NSY3-6. The van der Waals surface area contributed by atoms with Gasteiger partial charge in [0.15, 0.2) is 0 Å². The summed E-state index contributed by atoms with van der Waals surface area (Å²) in [7, 11) is 0. The Labute approximate surface area is 301 Å². The predicted octanol–water partition coefficient (Wildman–Crippen LogP) is 10.1. The Bertz CT molecular complexity index is 698. The quantitative estimate of drug-likeness (QED) is 0.288. The molecule has 1 aromatic carbocycles. The molecule has 0 saturated heterocycles. The molecule has 1 aliphatic rings. The fourth-order valence-electron chi connectivity index (χ4n) is 3.48. The van der Waals surface area contributed by atoms with Gasteiger partial charge in [-0.1, -0.05) is 79.0 Å². The first kappa shape index (κ1) is 49.8. The van der Waals surface area contributed by atoms with E-state index in [2.05, 4.69) is 85.5 Å². The maximum Gasteiger partial charge on any atom is 0.0745 e. The van der Waals surface area contributed by atoms with E-state index in [-0.39, 0.29) is 120 Å². The number of thiazole rings is 1. The van der Waals surface area contributed by atoms with Crippen LogP contribution in [0.15, 0.2) is 29.6 Å². The Balaban J connectivity index is -0.0000000831. The van der Waals surface area contributed by atoms with Gasteiger partial charge >= 0.3 is 0 Å². The predicted molar refractivity (Wildman–Crippen MR) is 151 cm³/mol. The molecule has 2 atom stereocenters. The van der Waals surface area contributed by atoms with E-state index in [1.54, 1.807) is 11.3 Å². The molecule has 2 unspecified atom stereocenters. The van der Waals surface area contributed by atoms with Crippen LogP contribution in [0.2, 0.25) is 0 Å². The van der Waals surface area contributed by atoms with E-state index in [9.17, 15) is 0 Å². The van der Waals surface area contributed by atoms with E-state index in [1.807, 2.05) is 11.4 Å². The molecule has 0 N–H and O–H groups in total. The Hall–Kier alpha value is 1.90. The van der Waals surface area contributed by atoms with E-state index in [0.29, 0.717) is 11.8 Å². The standard InChI is InChI=1S/C10H19.C10H13.C7H10NS.3CH3.3Y/c2*1-8(2)10-6-4-5-9(3)7-10;1-5(2)7-8-6(3)4-9-7;;;;;;/h8-10H,3-7H2,1-2H3;4-8H,3H2,1-2H3;4-5H,3H2,1-2H3;3*1H3;;;/q6*-1;;;.